The molecule has 10 nitrogen and oxygen atoms in total. The molecule has 2 saturated heterocycles. The van der Waals surface area contributed by atoms with Gasteiger partial charge in [0.25, 0.3) is 0 Å². The van der Waals surface area contributed by atoms with Crippen molar-refractivity contribution >= 4 is 29.7 Å². The standard InChI is InChI=1S/C24H42N8O2/c1-5-29(6-2)21(34)19-12-9-16-32(18-19)24-27-22(26-23(28-24)30(7-3)8-4)25-14-11-17-31-15-10-13-20(31)33/h19H,5-18H2,1-4H3,(H,25,26,27,28). The number of amides is 2. The second-order valence-electron chi connectivity index (χ2n) is 8.99. The van der Waals surface area contributed by atoms with Crippen LogP contribution in [0.5, 0.6) is 0 Å². The maximum atomic E-state index is 13.0. The van der Waals surface area contributed by atoms with Crippen molar-refractivity contribution in [3.63, 3.8) is 0 Å². The highest BCUT2D eigenvalue weighted by atomic mass is 16.2. The van der Waals surface area contributed by atoms with Crippen LogP contribution in [0.1, 0.15) is 59.8 Å². The number of anilines is 3. The molecule has 10 heteroatoms. The molecule has 2 aliphatic heterocycles. The molecule has 0 aliphatic carbocycles. The molecule has 1 aromatic heterocycles. The molecule has 1 N–H and O–H groups in total. The fourth-order valence-electron chi connectivity index (χ4n) is 4.79. The monoisotopic (exact) mass is 474 g/mol. The summed E-state index contributed by atoms with van der Waals surface area (Å²) in [5.41, 5.74) is 0. The first-order chi connectivity index (χ1) is 16.5. The van der Waals surface area contributed by atoms with Crippen molar-refractivity contribution in [3.05, 3.63) is 0 Å². The molecule has 0 saturated carbocycles. The van der Waals surface area contributed by atoms with Crippen molar-refractivity contribution in [3.8, 4) is 0 Å². The predicted molar refractivity (Wildman–Crippen MR) is 135 cm³/mol. The predicted octanol–water partition coefficient (Wildman–Crippen LogP) is 2.23. The topological polar surface area (TPSA) is 97.8 Å². The Balaban J connectivity index is 1.71. The molecule has 190 valence electrons. The van der Waals surface area contributed by atoms with Crippen LogP contribution < -0.4 is 15.1 Å². The van der Waals surface area contributed by atoms with E-state index in [1.54, 1.807) is 0 Å². The maximum absolute atomic E-state index is 13.0. The summed E-state index contributed by atoms with van der Waals surface area (Å²) in [5, 5.41) is 3.35. The summed E-state index contributed by atoms with van der Waals surface area (Å²) in [6.07, 6.45) is 4.32. The lowest BCUT2D eigenvalue weighted by Crippen LogP contribution is -2.45. The molecule has 0 aromatic carbocycles. The zero-order chi connectivity index (χ0) is 24.5. The van der Waals surface area contributed by atoms with Crippen LogP contribution in [0.3, 0.4) is 0 Å². The lowest BCUT2D eigenvalue weighted by molar-refractivity contribution is -0.135. The third-order valence-corrected chi connectivity index (χ3v) is 6.85. The number of hydrogen-bond donors (Lipinski definition) is 1. The summed E-state index contributed by atoms with van der Waals surface area (Å²) in [5.74, 6) is 2.29. The second-order valence-corrected chi connectivity index (χ2v) is 8.99. The summed E-state index contributed by atoms with van der Waals surface area (Å²) in [6, 6.07) is 0. The van der Waals surface area contributed by atoms with Gasteiger partial charge in [-0.3, -0.25) is 9.59 Å². The van der Waals surface area contributed by atoms with Crippen LogP contribution in [0, 0.1) is 5.92 Å². The number of carbonyl (C=O) groups excluding carboxylic acids is 2. The lowest BCUT2D eigenvalue weighted by Gasteiger charge is -2.35. The Bertz CT molecular complexity index is 812. The number of nitrogens with one attached hydrogen (secondary N) is 1. The van der Waals surface area contributed by atoms with Gasteiger partial charge in [0.1, 0.15) is 0 Å². The molecule has 1 aromatic rings. The molecular weight excluding hydrogens is 432 g/mol. The van der Waals surface area contributed by atoms with Gasteiger partial charge >= 0.3 is 0 Å². The number of likely N-dealkylation sites (tertiary alicyclic amines) is 1. The van der Waals surface area contributed by atoms with Crippen molar-refractivity contribution in [2.75, 3.05) is 74.0 Å². The van der Waals surface area contributed by atoms with E-state index in [1.165, 1.54) is 0 Å². The third kappa shape index (κ3) is 6.48. The van der Waals surface area contributed by atoms with Crippen molar-refractivity contribution < 1.29 is 9.59 Å². The average Bonchev–Trinajstić information content (AvgIpc) is 3.27. The van der Waals surface area contributed by atoms with Gasteiger partial charge in [-0.15, -0.1) is 0 Å². The Morgan fingerprint density at radius 2 is 1.79 bits per heavy atom. The van der Waals surface area contributed by atoms with Crippen molar-refractivity contribution in [2.24, 2.45) is 5.92 Å². The number of rotatable bonds is 12. The molecule has 3 heterocycles. The first-order valence-electron chi connectivity index (χ1n) is 13.1. The Morgan fingerprint density at radius 3 is 2.44 bits per heavy atom. The van der Waals surface area contributed by atoms with Gasteiger partial charge in [0, 0.05) is 65.3 Å². The number of piperidine rings is 1. The highest BCUT2D eigenvalue weighted by Crippen LogP contribution is 2.24. The van der Waals surface area contributed by atoms with E-state index in [-0.39, 0.29) is 17.7 Å². The van der Waals surface area contributed by atoms with Crippen LogP contribution in [-0.2, 0) is 9.59 Å². The van der Waals surface area contributed by atoms with Gasteiger partial charge in [0.2, 0.25) is 29.7 Å². The van der Waals surface area contributed by atoms with Gasteiger partial charge in [-0.05, 0) is 53.4 Å². The zero-order valence-corrected chi connectivity index (χ0v) is 21.4. The second kappa shape index (κ2) is 12.7. The highest BCUT2D eigenvalue weighted by molar-refractivity contribution is 5.79. The first kappa shape index (κ1) is 26.0. The lowest BCUT2D eigenvalue weighted by atomic mass is 9.96. The van der Waals surface area contributed by atoms with E-state index in [0.29, 0.717) is 37.4 Å². The number of hydrogen-bond acceptors (Lipinski definition) is 8. The molecule has 0 radical (unpaired) electrons. The highest BCUT2D eigenvalue weighted by Gasteiger charge is 2.30. The molecular formula is C24H42N8O2. The van der Waals surface area contributed by atoms with Gasteiger partial charge in [-0.1, -0.05) is 0 Å². The van der Waals surface area contributed by atoms with Crippen molar-refractivity contribution in [1.82, 2.24) is 24.8 Å². The first-order valence-corrected chi connectivity index (χ1v) is 13.1. The third-order valence-electron chi connectivity index (χ3n) is 6.85. The van der Waals surface area contributed by atoms with Crippen LogP contribution in [-0.4, -0.2) is 95.5 Å². The smallest absolute Gasteiger partial charge is 0.231 e. The molecule has 2 fully saturated rings. The minimum Gasteiger partial charge on any atom is -0.354 e. The van der Waals surface area contributed by atoms with Crippen molar-refractivity contribution in [2.45, 2.75) is 59.8 Å². The average molecular weight is 475 g/mol. The Morgan fingerprint density at radius 1 is 1.03 bits per heavy atom. The fourth-order valence-corrected chi connectivity index (χ4v) is 4.79. The van der Waals surface area contributed by atoms with Gasteiger partial charge in [0.05, 0.1) is 5.92 Å². The van der Waals surface area contributed by atoms with Gasteiger partial charge in [-0.2, -0.15) is 15.0 Å². The molecule has 2 aliphatic rings. The van der Waals surface area contributed by atoms with Crippen molar-refractivity contribution in [1.29, 1.82) is 0 Å². The quantitative estimate of drug-likeness (QED) is 0.461. The summed E-state index contributed by atoms with van der Waals surface area (Å²) in [6.45, 7) is 15.1. The van der Waals surface area contributed by atoms with Crippen LogP contribution in [0.25, 0.3) is 0 Å². The number of nitrogens with zero attached hydrogens (tertiary/aromatic N) is 7. The minimum atomic E-state index is -0.0308. The van der Waals surface area contributed by atoms with E-state index >= 15 is 0 Å². The van der Waals surface area contributed by atoms with Gasteiger partial charge in [-0.25, -0.2) is 0 Å². The molecule has 3 rings (SSSR count). The van der Waals surface area contributed by atoms with E-state index in [9.17, 15) is 9.59 Å². The summed E-state index contributed by atoms with van der Waals surface area (Å²) in [7, 11) is 0. The molecule has 2 amide bonds. The summed E-state index contributed by atoms with van der Waals surface area (Å²) in [4.78, 5) is 47.1. The molecule has 1 atom stereocenters. The van der Waals surface area contributed by atoms with Crippen LogP contribution in [0.15, 0.2) is 0 Å². The summed E-state index contributed by atoms with van der Waals surface area (Å²) >= 11 is 0. The fraction of sp³-hybridized carbons (Fsp3) is 0.792. The van der Waals surface area contributed by atoms with Crippen LogP contribution in [0.2, 0.25) is 0 Å². The normalized spacial score (nSPS) is 18.4. The molecule has 0 spiro atoms. The van der Waals surface area contributed by atoms with E-state index in [2.05, 4.69) is 33.9 Å². The molecule has 34 heavy (non-hydrogen) atoms. The minimum absolute atomic E-state index is 0.0308. The van der Waals surface area contributed by atoms with E-state index in [1.807, 2.05) is 23.6 Å². The SMILES string of the molecule is CCN(CC)C(=O)C1CCCN(c2nc(NCCCN3CCCC3=O)nc(N(CC)CC)n2)C1. The van der Waals surface area contributed by atoms with E-state index in [0.717, 1.165) is 71.5 Å². The summed E-state index contributed by atoms with van der Waals surface area (Å²) < 4.78 is 0. The largest absolute Gasteiger partial charge is 0.354 e. The molecule has 1 unspecified atom stereocenters. The number of aromatic nitrogens is 3. The van der Waals surface area contributed by atoms with Crippen LogP contribution in [0.4, 0.5) is 17.8 Å². The van der Waals surface area contributed by atoms with Gasteiger partial charge in [0.15, 0.2) is 0 Å². The van der Waals surface area contributed by atoms with Gasteiger partial charge < -0.3 is 24.9 Å². The molecule has 0 bridgehead atoms. The number of carbonyl (C=O) groups is 2. The zero-order valence-electron chi connectivity index (χ0n) is 21.4. The Kier molecular flexibility index (Phi) is 9.71. The van der Waals surface area contributed by atoms with E-state index < -0.39 is 0 Å². The maximum Gasteiger partial charge on any atom is 0.231 e. The van der Waals surface area contributed by atoms with E-state index in [4.69, 9.17) is 9.97 Å². The Labute approximate surface area is 204 Å². The Hall–Kier alpha value is -2.65. The van der Waals surface area contributed by atoms with Crippen LogP contribution >= 0.6 is 0 Å².